The number of nitrogens with one attached hydrogen (secondary N) is 1. The van der Waals surface area contributed by atoms with E-state index in [1.165, 1.54) is 11.3 Å². The second-order valence-corrected chi connectivity index (χ2v) is 4.54. The minimum absolute atomic E-state index is 0.102. The number of aromatic nitrogens is 3. The third-order valence-electron chi connectivity index (χ3n) is 2.28. The molecule has 0 amide bonds. The van der Waals surface area contributed by atoms with Crippen LogP contribution in [0.2, 0.25) is 0 Å². The van der Waals surface area contributed by atoms with E-state index in [-0.39, 0.29) is 5.69 Å². The van der Waals surface area contributed by atoms with Gasteiger partial charge in [0.15, 0.2) is 5.69 Å². The second kappa shape index (κ2) is 5.54. The number of anilines is 1. The van der Waals surface area contributed by atoms with Gasteiger partial charge in [0.1, 0.15) is 5.82 Å². The smallest absolute Gasteiger partial charge is 0.355 e. The number of carbonyl (C=O) groups is 1. The van der Waals surface area contributed by atoms with E-state index in [9.17, 15) is 4.79 Å². The first-order chi connectivity index (χ1) is 8.66. The third kappa shape index (κ3) is 3.01. The molecule has 0 saturated carbocycles. The largest absolute Gasteiger partial charge is 0.476 e. The van der Waals surface area contributed by atoms with Gasteiger partial charge in [-0.05, 0) is 6.92 Å². The number of nitrogens with zero attached hydrogens (tertiary/aromatic N) is 3. The van der Waals surface area contributed by atoms with E-state index in [2.05, 4.69) is 20.3 Å². The van der Waals surface area contributed by atoms with Crippen LogP contribution in [0.15, 0.2) is 17.8 Å². The molecule has 0 aliphatic carbocycles. The average Bonchev–Trinajstić information content (AvgIpc) is 2.80. The van der Waals surface area contributed by atoms with Crippen molar-refractivity contribution in [3.63, 3.8) is 0 Å². The van der Waals surface area contributed by atoms with Gasteiger partial charge in [-0.1, -0.05) is 0 Å². The molecule has 7 heteroatoms. The average molecular weight is 264 g/mol. The number of carboxylic acid groups (broad SMARTS) is 1. The van der Waals surface area contributed by atoms with E-state index in [0.717, 1.165) is 16.5 Å². The van der Waals surface area contributed by atoms with Crippen molar-refractivity contribution in [3.8, 4) is 0 Å². The first-order valence-electron chi connectivity index (χ1n) is 5.36. The summed E-state index contributed by atoms with van der Waals surface area (Å²) >= 11 is 1.35. The molecule has 0 atom stereocenters. The summed E-state index contributed by atoms with van der Waals surface area (Å²) in [5, 5.41) is 14.2. The number of rotatable bonds is 5. The molecule has 0 saturated heterocycles. The van der Waals surface area contributed by atoms with Crippen molar-refractivity contribution >= 4 is 23.1 Å². The first-order valence-corrected chi connectivity index (χ1v) is 6.24. The Labute approximate surface area is 108 Å². The first kappa shape index (κ1) is 12.4. The molecular weight excluding hydrogens is 252 g/mol. The highest BCUT2D eigenvalue weighted by Crippen LogP contribution is 2.11. The lowest BCUT2D eigenvalue weighted by Crippen LogP contribution is -2.08. The topological polar surface area (TPSA) is 88.0 Å². The zero-order valence-electron chi connectivity index (χ0n) is 9.75. The van der Waals surface area contributed by atoms with Crippen molar-refractivity contribution in [2.45, 2.75) is 13.3 Å². The van der Waals surface area contributed by atoms with E-state index in [1.54, 1.807) is 17.8 Å². The van der Waals surface area contributed by atoms with Crippen molar-refractivity contribution in [1.82, 2.24) is 15.0 Å². The standard InChI is InChI=1S/C11H12N4O2S/c1-7-10(14-5-4-12-7)13-3-2-9-15-8(6-18-9)11(16)17/h4-6H,2-3H2,1H3,(H,13,14)(H,16,17). The van der Waals surface area contributed by atoms with Crippen LogP contribution >= 0.6 is 11.3 Å². The number of carboxylic acids is 1. The Morgan fingerprint density at radius 1 is 1.44 bits per heavy atom. The lowest BCUT2D eigenvalue weighted by molar-refractivity contribution is 0.0691. The normalized spacial score (nSPS) is 10.3. The minimum atomic E-state index is -0.991. The maximum absolute atomic E-state index is 10.7. The predicted octanol–water partition coefficient (Wildman–Crippen LogP) is 1.59. The lowest BCUT2D eigenvalue weighted by atomic mass is 10.4. The molecule has 2 heterocycles. The molecule has 2 rings (SSSR count). The molecular formula is C11H12N4O2S. The van der Waals surface area contributed by atoms with Gasteiger partial charge in [-0.3, -0.25) is 4.98 Å². The number of aryl methyl sites for hydroxylation is 1. The van der Waals surface area contributed by atoms with Crippen molar-refractivity contribution in [3.05, 3.63) is 34.2 Å². The van der Waals surface area contributed by atoms with Crippen molar-refractivity contribution in [2.75, 3.05) is 11.9 Å². The van der Waals surface area contributed by atoms with Crippen LogP contribution in [0.4, 0.5) is 5.82 Å². The van der Waals surface area contributed by atoms with Crippen LogP contribution in [0.3, 0.4) is 0 Å². The molecule has 0 radical (unpaired) electrons. The molecule has 0 bridgehead atoms. The maximum atomic E-state index is 10.7. The van der Waals surface area contributed by atoms with Crippen LogP contribution in [0.1, 0.15) is 21.2 Å². The quantitative estimate of drug-likeness (QED) is 0.852. The zero-order valence-corrected chi connectivity index (χ0v) is 10.6. The van der Waals surface area contributed by atoms with Crippen LogP contribution in [0.25, 0.3) is 0 Å². The van der Waals surface area contributed by atoms with Gasteiger partial charge in [0.05, 0.1) is 10.7 Å². The molecule has 0 unspecified atom stereocenters. The Kier molecular flexibility index (Phi) is 3.83. The highest BCUT2D eigenvalue weighted by molar-refractivity contribution is 7.09. The third-order valence-corrected chi connectivity index (χ3v) is 3.19. The van der Waals surface area contributed by atoms with E-state index >= 15 is 0 Å². The van der Waals surface area contributed by atoms with E-state index in [1.807, 2.05) is 6.92 Å². The van der Waals surface area contributed by atoms with Crippen LogP contribution in [0, 0.1) is 6.92 Å². The minimum Gasteiger partial charge on any atom is -0.476 e. The van der Waals surface area contributed by atoms with Crippen LogP contribution in [-0.2, 0) is 6.42 Å². The molecule has 6 nitrogen and oxygen atoms in total. The summed E-state index contributed by atoms with van der Waals surface area (Å²) in [7, 11) is 0. The molecule has 2 aromatic heterocycles. The summed E-state index contributed by atoms with van der Waals surface area (Å²) in [6.07, 6.45) is 3.93. The fourth-order valence-electron chi connectivity index (χ4n) is 1.39. The number of hydrogen-bond donors (Lipinski definition) is 2. The second-order valence-electron chi connectivity index (χ2n) is 3.60. The van der Waals surface area contributed by atoms with Gasteiger partial charge in [-0.15, -0.1) is 11.3 Å². The molecule has 0 spiro atoms. The molecule has 0 aromatic carbocycles. The summed E-state index contributed by atoms with van der Waals surface area (Å²) in [6.45, 7) is 2.52. The summed E-state index contributed by atoms with van der Waals surface area (Å²) in [4.78, 5) is 22.9. The van der Waals surface area contributed by atoms with E-state index in [0.29, 0.717) is 13.0 Å². The summed E-state index contributed by atoms with van der Waals surface area (Å²) in [6, 6.07) is 0. The summed E-state index contributed by atoms with van der Waals surface area (Å²) < 4.78 is 0. The van der Waals surface area contributed by atoms with Crippen LogP contribution in [0.5, 0.6) is 0 Å². The number of thiazole rings is 1. The van der Waals surface area contributed by atoms with Gasteiger partial charge in [-0.2, -0.15) is 0 Å². The Morgan fingerprint density at radius 3 is 2.89 bits per heavy atom. The molecule has 2 aromatic rings. The molecule has 0 fully saturated rings. The highest BCUT2D eigenvalue weighted by Gasteiger charge is 2.08. The Morgan fingerprint density at radius 2 is 2.22 bits per heavy atom. The van der Waals surface area contributed by atoms with Gasteiger partial charge in [0, 0.05) is 30.7 Å². The van der Waals surface area contributed by atoms with Gasteiger partial charge >= 0.3 is 5.97 Å². The van der Waals surface area contributed by atoms with Crippen molar-refractivity contribution < 1.29 is 9.90 Å². The Balaban J connectivity index is 1.88. The number of aromatic carboxylic acids is 1. The molecule has 18 heavy (non-hydrogen) atoms. The van der Waals surface area contributed by atoms with E-state index < -0.39 is 5.97 Å². The number of hydrogen-bond acceptors (Lipinski definition) is 6. The molecule has 2 N–H and O–H groups in total. The van der Waals surface area contributed by atoms with Gasteiger partial charge < -0.3 is 10.4 Å². The lowest BCUT2D eigenvalue weighted by Gasteiger charge is -2.05. The van der Waals surface area contributed by atoms with Crippen LogP contribution < -0.4 is 5.32 Å². The van der Waals surface area contributed by atoms with Gasteiger partial charge in [0.25, 0.3) is 0 Å². The molecule has 0 aliphatic rings. The fourth-order valence-corrected chi connectivity index (χ4v) is 2.17. The molecule has 94 valence electrons. The Hall–Kier alpha value is -2.02. The monoisotopic (exact) mass is 264 g/mol. The maximum Gasteiger partial charge on any atom is 0.355 e. The van der Waals surface area contributed by atoms with Crippen molar-refractivity contribution in [2.24, 2.45) is 0 Å². The summed E-state index contributed by atoms with van der Waals surface area (Å²) in [5.74, 6) is -0.247. The molecule has 0 aliphatic heterocycles. The van der Waals surface area contributed by atoms with Gasteiger partial charge in [-0.25, -0.2) is 14.8 Å². The van der Waals surface area contributed by atoms with Crippen molar-refractivity contribution in [1.29, 1.82) is 0 Å². The van der Waals surface area contributed by atoms with Gasteiger partial charge in [0.2, 0.25) is 0 Å². The van der Waals surface area contributed by atoms with E-state index in [4.69, 9.17) is 5.11 Å². The zero-order chi connectivity index (χ0) is 13.0. The fraction of sp³-hybridized carbons (Fsp3) is 0.273. The summed E-state index contributed by atoms with van der Waals surface area (Å²) in [5.41, 5.74) is 0.938. The van der Waals surface area contributed by atoms with Crippen LogP contribution in [-0.4, -0.2) is 32.6 Å². The Bertz CT molecular complexity index is 555. The SMILES string of the molecule is Cc1nccnc1NCCc1nc(C(=O)O)cs1. The predicted molar refractivity (Wildman–Crippen MR) is 68.0 cm³/mol. The highest BCUT2D eigenvalue weighted by atomic mass is 32.1.